The molecule has 0 spiro atoms. The standard InChI is InChI=1S/C32H50N4O/c1-27(2)12-14-32(24(37)18-33)15-13-30(6)20(21(32)17-27)8-9-23-29(5)16-19-25(35-36-26(19)34)28(3,4)22(29)10-11-31(23,30)7/h8,21-23H,9-18,33H2,1-7H3,(H3,34,35,36)/t21?,22?,23?,29-,30+,31+,32-/m0/s1. The van der Waals surface area contributed by atoms with Gasteiger partial charge in [-0.3, -0.25) is 9.89 Å². The molecule has 0 bridgehead atoms. The number of aromatic amines is 1. The molecule has 3 saturated carbocycles. The van der Waals surface area contributed by atoms with Gasteiger partial charge in [-0.15, -0.1) is 0 Å². The van der Waals surface area contributed by atoms with E-state index in [1.54, 1.807) is 5.57 Å². The minimum atomic E-state index is -0.243. The van der Waals surface area contributed by atoms with E-state index < -0.39 is 0 Å². The van der Waals surface area contributed by atoms with E-state index in [4.69, 9.17) is 16.6 Å². The Morgan fingerprint density at radius 1 is 1.03 bits per heavy atom. The smallest absolute Gasteiger partial charge is 0.153 e. The number of hydrogen-bond acceptors (Lipinski definition) is 4. The summed E-state index contributed by atoms with van der Waals surface area (Å²) in [6.45, 7) is 17.6. The number of anilines is 1. The number of Topliss-reactive ketones (excluding diaryl/α,β-unsaturated/α-hetero) is 1. The van der Waals surface area contributed by atoms with Crippen molar-refractivity contribution in [2.45, 2.75) is 112 Å². The lowest BCUT2D eigenvalue weighted by Crippen LogP contribution is -2.65. The number of fused-ring (bicyclic) bond motifs is 8. The summed E-state index contributed by atoms with van der Waals surface area (Å²) in [5.74, 6) is 2.59. The molecule has 1 aromatic rings. The van der Waals surface area contributed by atoms with Crippen molar-refractivity contribution >= 4 is 11.6 Å². The van der Waals surface area contributed by atoms with Crippen LogP contribution in [0, 0.1) is 44.8 Å². The van der Waals surface area contributed by atoms with Gasteiger partial charge in [0.05, 0.1) is 12.2 Å². The number of rotatable bonds is 2. The molecule has 0 radical (unpaired) electrons. The first-order valence-electron chi connectivity index (χ1n) is 14.9. The average molecular weight is 507 g/mol. The largest absolute Gasteiger partial charge is 0.384 e. The zero-order valence-corrected chi connectivity index (χ0v) is 24.4. The Kier molecular flexibility index (Phi) is 5.21. The van der Waals surface area contributed by atoms with Gasteiger partial charge in [-0.25, -0.2) is 0 Å². The normalized spacial score (nSPS) is 45.4. The van der Waals surface area contributed by atoms with Crippen LogP contribution in [0.4, 0.5) is 5.82 Å². The van der Waals surface area contributed by atoms with E-state index in [1.165, 1.54) is 24.1 Å². The predicted molar refractivity (Wildman–Crippen MR) is 150 cm³/mol. The lowest BCUT2D eigenvalue weighted by Gasteiger charge is -2.70. The number of nitrogens with one attached hydrogen (secondary N) is 1. The highest BCUT2D eigenvalue weighted by Crippen LogP contribution is 2.75. The lowest BCUT2D eigenvalue weighted by atomic mass is 9.33. The molecule has 6 rings (SSSR count). The molecule has 5 heteroatoms. The average Bonchev–Trinajstić information content (AvgIpc) is 3.19. The molecule has 5 nitrogen and oxygen atoms in total. The summed E-state index contributed by atoms with van der Waals surface area (Å²) in [7, 11) is 0. The van der Waals surface area contributed by atoms with Crippen LogP contribution in [0.25, 0.3) is 0 Å². The molecule has 204 valence electrons. The van der Waals surface area contributed by atoms with Gasteiger partial charge in [0.15, 0.2) is 5.78 Å². The van der Waals surface area contributed by atoms with E-state index in [0.29, 0.717) is 23.5 Å². The summed E-state index contributed by atoms with van der Waals surface area (Å²) in [5.41, 5.74) is 17.2. The number of H-pyrrole nitrogens is 1. The van der Waals surface area contributed by atoms with Gasteiger partial charge in [-0.05, 0) is 97.2 Å². The Hall–Kier alpha value is -1.62. The van der Waals surface area contributed by atoms with Crippen LogP contribution in [0.15, 0.2) is 11.6 Å². The Balaban J connectivity index is 1.47. The Labute approximate surface area is 224 Å². The lowest BCUT2D eigenvalue weighted by molar-refractivity contribution is -0.166. The maximum atomic E-state index is 13.5. The SMILES string of the molecule is CC1(C)CC[C@]2(C(=O)CN)CC[C@]3(C)C(=CCC4[C@@]5(C)Cc6c(n[nH]c6N)C(C)(C)C5CC[C@]43C)C2C1. The third kappa shape index (κ3) is 3.01. The first kappa shape index (κ1) is 25.6. The third-order valence-corrected chi connectivity index (χ3v) is 13.6. The first-order valence-corrected chi connectivity index (χ1v) is 14.9. The molecule has 5 N–H and O–H groups in total. The first-order chi connectivity index (χ1) is 17.2. The van der Waals surface area contributed by atoms with Gasteiger partial charge in [0.25, 0.3) is 0 Å². The van der Waals surface area contributed by atoms with Crippen molar-refractivity contribution < 1.29 is 4.79 Å². The fourth-order valence-electron chi connectivity index (χ4n) is 11.4. The Morgan fingerprint density at radius 3 is 2.43 bits per heavy atom. The molecule has 7 atom stereocenters. The number of carbonyl (C=O) groups excluding carboxylic acids is 1. The summed E-state index contributed by atoms with van der Waals surface area (Å²) in [4.78, 5) is 13.5. The van der Waals surface area contributed by atoms with E-state index in [0.717, 1.165) is 50.8 Å². The minimum absolute atomic E-state index is 0.00530. The second-order valence-corrected chi connectivity index (χ2v) is 15.9. The predicted octanol–water partition coefficient (Wildman–Crippen LogP) is 6.34. The minimum Gasteiger partial charge on any atom is -0.384 e. The molecule has 0 aromatic carbocycles. The highest BCUT2D eigenvalue weighted by Gasteiger charge is 2.69. The molecule has 0 amide bonds. The van der Waals surface area contributed by atoms with Crippen LogP contribution in [-0.4, -0.2) is 22.5 Å². The van der Waals surface area contributed by atoms with Crippen molar-refractivity contribution in [3.8, 4) is 0 Å². The monoisotopic (exact) mass is 506 g/mol. The molecule has 1 heterocycles. The van der Waals surface area contributed by atoms with Crippen molar-refractivity contribution in [3.05, 3.63) is 22.9 Å². The van der Waals surface area contributed by atoms with Crippen LogP contribution in [0.5, 0.6) is 0 Å². The number of nitrogens with two attached hydrogens (primary N) is 2. The maximum Gasteiger partial charge on any atom is 0.153 e. The zero-order chi connectivity index (χ0) is 26.8. The van der Waals surface area contributed by atoms with Gasteiger partial charge in [-0.2, -0.15) is 5.10 Å². The van der Waals surface area contributed by atoms with Gasteiger partial charge in [0, 0.05) is 16.4 Å². The number of hydrogen-bond donors (Lipinski definition) is 3. The summed E-state index contributed by atoms with van der Waals surface area (Å²) >= 11 is 0. The number of aromatic nitrogens is 2. The third-order valence-electron chi connectivity index (χ3n) is 13.6. The molecule has 5 aliphatic rings. The summed E-state index contributed by atoms with van der Waals surface area (Å²) in [5, 5.41) is 7.85. The van der Waals surface area contributed by atoms with Crippen LogP contribution in [0.3, 0.4) is 0 Å². The quantitative estimate of drug-likeness (QED) is 0.408. The Morgan fingerprint density at radius 2 is 1.73 bits per heavy atom. The maximum absolute atomic E-state index is 13.5. The molecular formula is C32H50N4O. The molecular weight excluding hydrogens is 456 g/mol. The Bertz CT molecular complexity index is 1180. The molecule has 5 aliphatic carbocycles. The highest BCUT2D eigenvalue weighted by atomic mass is 16.1. The van der Waals surface area contributed by atoms with Gasteiger partial charge in [-0.1, -0.05) is 60.1 Å². The number of carbonyl (C=O) groups is 1. The molecule has 0 aliphatic heterocycles. The van der Waals surface area contributed by atoms with E-state index >= 15 is 0 Å². The van der Waals surface area contributed by atoms with E-state index in [9.17, 15) is 4.79 Å². The summed E-state index contributed by atoms with van der Waals surface area (Å²) in [6, 6.07) is 0. The van der Waals surface area contributed by atoms with E-state index in [2.05, 4.69) is 59.6 Å². The van der Waals surface area contributed by atoms with Gasteiger partial charge >= 0.3 is 0 Å². The number of nitrogen functional groups attached to an aromatic ring is 1. The summed E-state index contributed by atoms with van der Waals surface area (Å²) in [6.07, 6.45) is 12.6. The van der Waals surface area contributed by atoms with Crippen molar-refractivity contribution in [2.24, 2.45) is 50.6 Å². The van der Waals surface area contributed by atoms with Crippen molar-refractivity contribution in [1.82, 2.24) is 10.2 Å². The number of nitrogens with zero attached hydrogens (tertiary/aromatic N) is 1. The highest BCUT2D eigenvalue weighted by molar-refractivity contribution is 5.87. The number of ketones is 1. The molecule has 3 unspecified atom stereocenters. The zero-order valence-electron chi connectivity index (χ0n) is 24.4. The van der Waals surface area contributed by atoms with Crippen LogP contribution < -0.4 is 11.5 Å². The van der Waals surface area contributed by atoms with Crippen LogP contribution in [0.2, 0.25) is 0 Å². The number of allylic oxidation sites excluding steroid dienone is 2. The van der Waals surface area contributed by atoms with E-state index in [1.807, 2.05) is 0 Å². The fraction of sp³-hybridized carbons (Fsp3) is 0.812. The molecule has 37 heavy (non-hydrogen) atoms. The second kappa shape index (κ2) is 7.52. The molecule has 3 fully saturated rings. The molecule has 1 aromatic heterocycles. The van der Waals surface area contributed by atoms with Gasteiger partial charge in [0.2, 0.25) is 0 Å². The van der Waals surface area contributed by atoms with Crippen LogP contribution in [0.1, 0.15) is 111 Å². The van der Waals surface area contributed by atoms with Crippen LogP contribution >= 0.6 is 0 Å². The van der Waals surface area contributed by atoms with Crippen molar-refractivity contribution in [3.63, 3.8) is 0 Å². The van der Waals surface area contributed by atoms with Crippen molar-refractivity contribution in [1.29, 1.82) is 0 Å². The van der Waals surface area contributed by atoms with E-state index in [-0.39, 0.29) is 39.0 Å². The second-order valence-electron chi connectivity index (χ2n) is 15.9. The van der Waals surface area contributed by atoms with Crippen molar-refractivity contribution in [2.75, 3.05) is 12.3 Å². The topological polar surface area (TPSA) is 97.8 Å². The fourth-order valence-corrected chi connectivity index (χ4v) is 11.4. The van der Waals surface area contributed by atoms with Crippen LogP contribution in [-0.2, 0) is 16.6 Å². The van der Waals surface area contributed by atoms with Gasteiger partial charge in [0.1, 0.15) is 5.82 Å². The van der Waals surface area contributed by atoms with Gasteiger partial charge < -0.3 is 11.5 Å². The molecule has 0 saturated heterocycles. The summed E-state index contributed by atoms with van der Waals surface area (Å²) < 4.78 is 0.